The zero-order valence-corrected chi connectivity index (χ0v) is 14.5. The lowest BCUT2D eigenvalue weighted by Gasteiger charge is -2.08. The second-order valence-corrected chi connectivity index (χ2v) is 6.56. The van der Waals surface area contributed by atoms with E-state index < -0.39 is 5.82 Å². The first-order chi connectivity index (χ1) is 11.5. The summed E-state index contributed by atoms with van der Waals surface area (Å²) in [5.74, 6) is -0.359. The van der Waals surface area contributed by atoms with Crippen LogP contribution in [0.1, 0.15) is 23.5 Å². The third kappa shape index (κ3) is 3.50. The van der Waals surface area contributed by atoms with Crippen LogP contribution in [0.25, 0.3) is 0 Å². The summed E-state index contributed by atoms with van der Waals surface area (Å²) in [6, 6.07) is 10.1. The first kappa shape index (κ1) is 17.1. The lowest BCUT2D eigenvalue weighted by atomic mass is 10.1. The molecule has 0 aromatic heterocycles. The standard InChI is InChI=1S/C18H16Cl2FNO2/c1-24-16-6-5-10(7-15(16)21)9-22-18(23)13-8-12(13)11-3-2-4-14(19)17(11)20/h2-7,12-13H,8-9H2,1H3,(H,22,23). The summed E-state index contributed by atoms with van der Waals surface area (Å²) in [5.41, 5.74) is 1.58. The van der Waals surface area contributed by atoms with Gasteiger partial charge in [-0.3, -0.25) is 4.79 Å². The van der Waals surface area contributed by atoms with Gasteiger partial charge in [-0.05, 0) is 41.7 Å². The molecule has 1 aliphatic carbocycles. The number of carbonyl (C=O) groups is 1. The van der Waals surface area contributed by atoms with Crippen molar-refractivity contribution in [3.05, 3.63) is 63.4 Å². The molecule has 2 aromatic carbocycles. The minimum absolute atomic E-state index is 0.0627. The highest BCUT2D eigenvalue weighted by atomic mass is 35.5. The van der Waals surface area contributed by atoms with E-state index in [2.05, 4.69) is 5.32 Å². The fourth-order valence-corrected chi connectivity index (χ4v) is 3.22. The average molecular weight is 368 g/mol. The van der Waals surface area contributed by atoms with E-state index in [-0.39, 0.29) is 30.0 Å². The molecule has 1 aliphatic rings. The van der Waals surface area contributed by atoms with Gasteiger partial charge in [-0.1, -0.05) is 41.4 Å². The van der Waals surface area contributed by atoms with Gasteiger partial charge in [0.05, 0.1) is 17.2 Å². The van der Waals surface area contributed by atoms with Crippen molar-refractivity contribution in [1.82, 2.24) is 5.32 Å². The van der Waals surface area contributed by atoms with Crippen molar-refractivity contribution in [1.29, 1.82) is 0 Å². The first-order valence-electron chi connectivity index (χ1n) is 7.55. The third-order valence-electron chi connectivity index (χ3n) is 4.19. The number of carbonyl (C=O) groups excluding carboxylic acids is 1. The van der Waals surface area contributed by atoms with Gasteiger partial charge in [0.1, 0.15) is 0 Å². The number of hydrogen-bond donors (Lipinski definition) is 1. The number of halogens is 3. The molecule has 3 nitrogen and oxygen atoms in total. The van der Waals surface area contributed by atoms with E-state index in [4.69, 9.17) is 27.9 Å². The van der Waals surface area contributed by atoms with Crippen molar-refractivity contribution in [3.8, 4) is 5.75 Å². The zero-order chi connectivity index (χ0) is 17.3. The van der Waals surface area contributed by atoms with Crippen LogP contribution in [-0.2, 0) is 11.3 Å². The van der Waals surface area contributed by atoms with Gasteiger partial charge in [0.25, 0.3) is 0 Å². The molecule has 126 valence electrons. The van der Waals surface area contributed by atoms with Gasteiger partial charge in [0, 0.05) is 12.5 Å². The van der Waals surface area contributed by atoms with E-state index in [0.717, 1.165) is 12.0 Å². The minimum atomic E-state index is -0.445. The molecule has 0 heterocycles. The number of nitrogens with one attached hydrogen (secondary N) is 1. The van der Waals surface area contributed by atoms with Crippen LogP contribution in [0.2, 0.25) is 10.0 Å². The summed E-state index contributed by atoms with van der Waals surface area (Å²) < 4.78 is 18.5. The summed E-state index contributed by atoms with van der Waals surface area (Å²) in [5, 5.41) is 3.84. The molecule has 1 saturated carbocycles. The van der Waals surface area contributed by atoms with Crippen molar-refractivity contribution < 1.29 is 13.9 Å². The van der Waals surface area contributed by atoms with Crippen LogP contribution in [0.15, 0.2) is 36.4 Å². The molecule has 2 aromatic rings. The maximum atomic E-state index is 13.6. The molecule has 0 saturated heterocycles. The molecule has 6 heteroatoms. The lowest BCUT2D eigenvalue weighted by molar-refractivity contribution is -0.122. The Kier molecular flexibility index (Phi) is 4.97. The molecule has 2 atom stereocenters. The van der Waals surface area contributed by atoms with Gasteiger partial charge < -0.3 is 10.1 Å². The van der Waals surface area contributed by atoms with Crippen LogP contribution < -0.4 is 10.1 Å². The van der Waals surface area contributed by atoms with Gasteiger partial charge in [-0.2, -0.15) is 0 Å². The normalized spacial score (nSPS) is 19.0. The smallest absolute Gasteiger partial charge is 0.224 e. The highest BCUT2D eigenvalue weighted by Gasteiger charge is 2.44. The van der Waals surface area contributed by atoms with Gasteiger partial charge in [0.2, 0.25) is 5.91 Å². The van der Waals surface area contributed by atoms with E-state index in [1.54, 1.807) is 18.2 Å². The van der Waals surface area contributed by atoms with Crippen molar-refractivity contribution in [2.75, 3.05) is 7.11 Å². The first-order valence-corrected chi connectivity index (χ1v) is 8.31. The maximum Gasteiger partial charge on any atom is 0.224 e. The third-order valence-corrected chi connectivity index (χ3v) is 5.02. The summed E-state index contributed by atoms with van der Waals surface area (Å²) in [6.45, 7) is 0.270. The summed E-state index contributed by atoms with van der Waals surface area (Å²) in [6.07, 6.45) is 0.739. The van der Waals surface area contributed by atoms with E-state index in [1.807, 2.05) is 12.1 Å². The topological polar surface area (TPSA) is 38.3 Å². The summed E-state index contributed by atoms with van der Waals surface area (Å²) in [4.78, 5) is 12.3. The molecule has 0 bridgehead atoms. The van der Waals surface area contributed by atoms with Gasteiger partial charge in [-0.25, -0.2) is 4.39 Å². The van der Waals surface area contributed by atoms with E-state index in [0.29, 0.717) is 15.6 Å². The summed E-state index contributed by atoms with van der Waals surface area (Å²) >= 11 is 12.2. The fraction of sp³-hybridized carbons (Fsp3) is 0.278. The number of methoxy groups -OCH3 is 1. The monoisotopic (exact) mass is 367 g/mol. The Bertz CT molecular complexity index is 782. The Labute approximate surface area is 149 Å². The average Bonchev–Trinajstić information content (AvgIpc) is 3.36. The summed E-state index contributed by atoms with van der Waals surface area (Å²) in [7, 11) is 1.41. The number of hydrogen-bond acceptors (Lipinski definition) is 2. The van der Waals surface area contributed by atoms with E-state index >= 15 is 0 Å². The second kappa shape index (κ2) is 6.99. The Morgan fingerprint density at radius 2 is 2.12 bits per heavy atom. The van der Waals surface area contributed by atoms with Crippen LogP contribution in [0.5, 0.6) is 5.75 Å². The molecule has 1 N–H and O–H groups in total. The van der Waals surface area contributed by atoms with Crippen LogP contribution in [0.3, 0.4) is 0 Å². The van der Waals surface area contributed by atoms with Gasteiger partial charge >= 0.3 is 0 Å². The van der Waals surface area contributed by atoms with Crippen molar-refractivity contribution in [2.24, 2.45) is 5.92 Å². The predicted molar refractivity (Wildman–Crippen MR) is 92.1 cm³/mol. The molecule has 0 aliphatic heterocycles. The molecule has 0 radical (unpaired) electrons. The van der Waals surface area contributed by atoms with Crippen LogP contribution in [0.4, 0.5) is 4.39 Å². The number of benzene rings is 2. The van der Waals surface area contributed by atoms with Crippen LogP contribution in [0, 0.1) is 11.7 Å². The molecule has 1 fully saturated rings. The molecule has 0 spiro atoms. The highest BCUT2D eigenvalue weighted by molar-refractivity contribution is 6.42. The Balaban J connectivity index is 1.59. The highest BCUT2D eigenvalue weighted by Crippen LogP contribution is 2.50. The van der Waals surface area contributed by atoms with Crippen LogP contribution in [-0.4, -0.2) is 13.0 Å². The Morgan fingerprint density at radius 3 is 2.83 bits per heavy atom. The predicted octanol–water partition coefficient (Wildman–Crippen LogP) is 4.56. The van der Waals surface area contributed by atoms with Gasteiger partial charge in [-0.15, -0.1) is 0 Å². The number of rotatable bonds is 5. The number of ether oxygens (including phenoxy) is 1. The quantitative estimate of drug-likeness (QED) is 0.840. The zero-order valence-electron chi connectivity index (χ0n) is 13.0. The van der Waals surface area contributed by atoms with E-state index in [1.165, 1.54) is 13.2 Å². The fourth-order valence-electron chi connectivity index (χ4n) is 2.78. The molecular formula is C18H16Cl2FNO2. The lowest BCUT2D eigenvalue weighted by Crippen LogP contribution is -2.25. The van der Waals surface area contributed by atoms with Crippen molar-refractivity contribution >= 4 is 29.1 Å². The van der Waals surface area contributed by atoms with Crippen molar-refractivity contribution in [2.45, 2.75) is 18.9 Å². The molecular weight excluding hydrogens is 352 g/mol. The van der Waals surface area contributed by atoms with Gasteiger partial charge in [0.15, 0.2) is 11.6 Å². The Hall–Kier alpha value is -1.78. The molecule has 1 amide bonds. The largest absolute Gasteiger partial charge is 0.494 e. The van der Waals surface area contributed by atoms with Crippen molar-refractivity contribution in [3.63, 3.8) is 0 Å². The Morgan fingerprint density at radius 1 is 1.33 bits per heavy atom. The van der Waals surface area contributed by atoms with E-state index in [9.17, 15) is 9.18 Å². The second-order valence-electron chi connectivity index (χ2n) is 5.78. The minimum Gasteiger partial charge on any atom is -0.494 e. The SMILES string of the molecule is COc1ccc(CNC(=O)C2CC2c2cccc(Cl)c2Cl)cc1F. The number of amides is 1. The molecule has 2 unspecified atom stereocenters. The molecule has 24 heavy (non-hydrogen) atoms. The maximum absolute atomic E-state index is 13.6. The molecule has 3 rings (SSSR count). The van der Waals surface area contributed by atoms with Crippen LogP contribution >= 0.6 is 23.2 Å².